The third kappa shape index (κ3) is 2.81. The van der Waals surface area contributed by atoms with E-state index in [0.29, 0.717) is 12.1 Å². The number of aromatic nitrogens is 3. The number of aryl methyl sites for hydroxylation is 1. The molecule has 0 aliphatic carbocycles. The Kier molecular flexibility index (Phi) is 4.16. The number of para-hydroxylation sites is 1. The Morgan fingerprint density at radius 2 is 1.86 bits per heavy atom. The maximum atomic E-state index is 13.8. The van der Waals surface area contributed by atoms with Crippen molar-refractivity contribution < 1.29 is 4.79 Å². The van der Waals surface area contributed by atoms with Crippen LogP contribution < -0.4 is 4.90 Å². The summed E-state index contributed by atoms with van der Waals surface area (Å²) >= 11 is 0. The van der Waals surface area contributed by atoms with E-state index in [4.69, 9.17) is 4.98 Å². The van der Waals surface area contributed by atoms with E-state index in [-0.39, 0.29) is 11.9 Å². The molecule has 4 aromatic rings. The summed E-state index contributed by atoms with van der Waals surface area (Å²) in [7, 11) is 0. The lowest BCUT2D eigenvalue weighted by Crippen LogP contribution is -2.35. The number of carbonyl (C=O) groups excluding carboxylic acids is 1. The second kappa shape index (κ2) is 6.85. The second-order valence-electron chi connectivity index (χ2n) is 7.48. The summed E-state index contributed by atoms with van der Waals surface area (Å²) in [4.78, 5) is 20.5. The Morgan fingerprint density at radius 3 is 2.66 bits per heavy atom. The van der Waals surface area contributed by atoms with E-state index < -0.39 is 0 Å². The van der Waals surface area contributed by atoms with Gasteiger partial charge in [0.1, 0.15) is 0 Å². The molecule has 1 aliphatic rings. The third-order valence-corrected chi connectivity index (χ3v) is 5.63. The zero-order valence-electron chi connectivity index (χ0n) is 16.5. The lowest BCUT2D eigenvalue weighted by Gasteiger charge is -2.23. The monoisotopic (exact) mass is 382 g/mol. The Balaban J connectivity index is 1.70. The van der Waals surface area contributed by atoms with Crippen LogP contribution in [0.1, 0.15) is 29.8 Å². The van der Waals surface area contributed by atoms with E-state index in [0.717, 1.165) is 34.4 Å². The minimum atomic E-state index is 0.00249. The number of hydrogen-bond acceptors (Lipinski definition) is 3. The van der Waals surface area contributed by atoms with Crippen LogP contribution in [0.2, 0.25) is 0 Å². The number of rotatable bonds is 3. The van der Waals surface area contributed by atoms with Crippen molar-refractivity contribution in [2.24, 2.45) is 0 Å². The molecule has 0 spiro atoms. The molecule has 29 heavy (non-hydrogen) atoms. The lowest BCUT2D eigenvalue weighted by atomic mass is 10.1. The van der Waals surface area contributed by atoms with Crippen LogP contribution in [0.5, 0.6) is 0 Å². The fraction of sp³-hybridized carbons (Fsp3) is 0.208. The molecular weight excluding hydrogens is 360 g/mol. The molecule has 2 aromatic carbocycles. The van der Waals surface area contributed by atoms with Crippen LogP contribution in [0.3, 0.4) is 0 Å². The minimum absolute atomic E-state index is 0.00249. The van der Waals surface area contributed by atoms with Crippen molar-refractivity contribution in [3.8, 4) is 11.3 Å². The Hall–Kier alpha value is -3.47. The van der Waals surface area contributed by atoms with E-state index in [2.05, 4.69) is 18.1 Å². The van der Waals surface area contributed by atoms with Gasteiger partial charge in [-0.15, -0.1) is 0 Å². The molecule has 144 valence electrons. The quantitative estimate of drug-likeness (QED) is 0.516. The number of benzene rings is 2. The number of nitrogens with zero attached hydrogens (tertiary/aromatic N) is 4. The first-order valence-electron chi connectivity index (χ1n) is 10.0. The van der Waals surface area contributed by atoms with Crippen LogP contribution in [-0.4, -0.2) is 26.7 Å². The first kappa shape index (κ1) is 17.6. The van der Waals surface area contributed by atoms with Gasteiger partial charge in [0.15, 0.2) is 5.65 Å². The van der Waals surface area contributed by atoms with Gasteiger partial charge in [-0.3, -0.25) is 4.79 Å². The molecule has 0 N–H and O–H groups in total. The van der Waals surface area contributed by atoms with Crippen molar-refractivity contribution in [2.45, 2.75) is 32.9 Å². The number of anilines is 1. The van der Waals surface area contributed by atoms with Gasteiger partial charge in [0, 0.05) is 23.8 Å². The molecule has 5 rings (SSSR count). The van der Waals surface area contributed by atoms with Crippen molar-refractivity contribution in [2.75, 3.05) is 4.90 Å². The topological polar surface area (TPSA) is 51.0 Å². The van der Waals surface area contributed by atoms with Crippen LogP contribution in [0.4, 0.5) is 5.69 Å². The molecule has 1 amide bonds. The number of fused-ring (bicyclic) bond motifs is 2. The molecule has 5 heteroatoms. The van der Waals surface area contributed by atoms with Gasteiger partial charge in [0.05, 0.1) is 22.8 Å². The molecule has 5 nitrogen and oxygen atoms in total. The zero-order chi connectivity index (χ0) is 20.0. The molecule has 0 radical (unpaired) electrons. The fourth-order valence-corrected chi connectivity index (χ4v) is 4.22. The largest absolute Gasteiger partial charge is 0.305 e. The highest BCUT2D eigenvalue weighted by Crippen LogP contribution is 2.35. The summed E-state index contributed by atoms with van der Waals surface area (Å²) in [6.07, 6.45) is 2.64. The number of hydrogen-bond donors (Lipinski definition) is 0. The average Bonchev–Trinajstić information content (AvgIpc) is 3.32. The van der Waals surface area contributed by atoms with Gasteiger partial charge in [0.25, 0.3) is 5.91 Å². The van der Waals surface area contributed by atoms with Crippen LogP contribution in [0.25, 0.3) is 22.3 Å². The van der Waals surface area contributed by atoms with Gasteiger partial charge < -0.3 is 4.90 Å². The van der Waals surface area contributed by atoms with Gasteiger partial charge >= 0.3 is 0 Å². The molecule has 2 aromatic heterocycles. The molecule has 0 saturated heterocycles. The van der Waals surface area contributed by atoms with Crippen LogP contribution in [0.15, 0.2) is 66.9 Å². The van der Waals surface area contributed by atoms with Crippen molar-refractivity contribution in [1.29, 1.82) is 0 Å². The van der Waals surface area contributed by atoms with Gasteiger partial charge in [-0.1, -0.05) is 48.5 Å². The standard InChI is InChI=1S/C24H22N4O/c1-3-27-23-20(15-25-27)19(14-21(26-23)17-9-5-4-6-10-17)24(29)28-16(2)13-18-11-7-8-12-22(18)28/h4-12,14-16H,3,13H2,1-2H3/t16-/m1/s1. The molecule has 1 atom stereocenters. The average molecular weight is 382 g/mol. The highest BCUT2D eigenvalue weighted by Gasteiger charge is 2.32. The first-order valence-corrected chi connectivity index (χ1v) is 10.0. The summed E-state index contributed by atoms with van der Waals surface area (Å²) in [6, 6.07) is 20.2. The highest BCUT2D eigenvalue weighted by molar-refractivity contribution is 6.14. The number of amides is 1. The van der Waals surface area contributed by atoms with Gasteiger partial charge in [0.2, 0.25) is 0 Å². The maximum absolute atomic E-state index is 13.8. The smallest absolute Gasteiger partial charge is 0.259 e. The zero-order valence-corrected chi connectivity index (χ0v) is 16.5. The maximum Gasteiger partial charge on any atom is 0.259 e. The van der Waals surface area contributed by atoms with E-state index >= 15 is 0 Å². The molecule has 3 heterocycles. The molecule has 0 saturated carbocycles. The van der Waals surface area contributed by atoms with E-state index in [9.17, 15) is 4.79 Å². The Bertz CT molecular complexity index is 1210. The van der Waals surface area contributed by atoms with Gasteiger partial charge in [-0.2, -0.15) is 5.10 Å². The summed E-state index contributed by atoms with van der Waals surface area (Å²) in [6.45, 7) is 4.83. The SMILES string of the molecule is CCn1ncc2c(C(=O)N3c4ccccc4C[C@H]3C)cc(-c3ccccc3)nc21. The molecule has 0 unspecified atom stereocenters. The van der Waals surface area contributed by atoms with Crippen molar-refractivity contribution >= 4 is 22.6 Å². The minimum Gasteiger partial charge on any atom is -0.305 e. The number of pyridine rings is 1. The van der Waals surface area contributed by atoms with Crippen LogP contribution in [-0.2, 0) is 13.0 Å². The van der Waals surface area contributed by atoms with E-state index in [1.807, 2.05) is 71.1 Å². The predicted octanol–water partition coefficient (Wildman–Crippen LogP) is 4.71. The fourth-order valence-electron chi connectivity index (χ4n) is 4.22. The molecule has 1 aliphatic heterocycles. The first-order chi connectivity index (χ1) is 14.2. The van der Waals surface area contributed by atoms with Crippen LogP contribution in [0, 0.1) is 0 Å². The lowest BCUT2D eigenvalue weighted by molar-refractivity contribution is 0.0983. The van der Waals surface area contributed by atoms with E-state index in [1.165, 1.54) is 5.56 Å². The summed E-state index contributed by atoms with van der Waals surface area (Å²) in [5, 5.41) is 5.26. The van der Waals surface area contributed by atoms with Crippen LogP contribution >= 0.6 is 0 Å². The Labute approximate surface area is 169 Å². The van der Waals surface area contributed by atoms with Crippen molar-refractivity contribution in [3.05, 3.63) is 78.0 Å². The molecule has 0 bridgehead atoms. The molecule has 0 fully saturated rings. The summed E-state index contributed by atoms with van der Waals surface area (Å²) in [5.74, 6) is 0.00249. The summed E-state index contributed by atoms with van der Waals surface area (Å²) in [5.41, 5.74) is 5.39. The van der Waals surface area contributed by atoms with Gasteiger partial charge in [-0.25, -0.2) is 9.67 Å². The Morgan fingerprint density at radius 1 is 1.10 bits per heavy atom. The summed E-state index contributed by atoms with van der Waals surface area (Å²) < 4.78 is 1.85. The highest BCUT2D eigenvalue weighted by atomic mass is 16.2. The molecular formula is C24H22N4O. The second-order valence-corrected chi connectivity index (χ2v) is 7.48. The van der Waals surface area contributed by atoms with Gasteiger partial charge in [-0.05, 0) is 38.0 Å². The predicted molar refractivity (Wildman–Crippen MR) is 115 cm³/mol. The van der Waals surface area contributed by atoms with Crippen molar-refractivity contribution in [3.63, 3.8) is 0 Å². The third-order valence-electron chi connectivity index (χ3n) is 5.63. The van der Waals surface area contributed by atoms with Crippen molar-refractivity contribution in [1.82, 2.24) is 14.8 Å². The normalized spacial score (nSPS) is 15.7. The number of carbonyl (C=O) groups is 1. The van der Waals surface area contributed by atoms with E-state index in [1.54, 1.807) is 6.20 Å².